The van der Waals surface area contributed by atoms with Gasteiger partial charge in [0.05, 0.1) is 13.2 Å². The SMILES string of the molecule is CCCCCCCCCCOc1cc2nonc2cc1OCCCCCCCCCC. The molecule has 0 radical (unpaired) electrons. The number of aromatic nitrogens is 2. The van der Waals surface area contributed by atoms with Crippen LogP contribution in [-0.4, -0.2) is 23.5 Å². The molecule has 5 heteroatoms. The van der Waals surface area contributed by atoms with Crippen molar-refractivity contribution in [2.75, 3.05) is 13.2 Å². The van der Waals surface area contributed by atoms with Gasteiger partial charge in [0.15, 0.2) is 11.5 Å². The number of hydrogen-bond acceptors (Lipinski definition) is 5. The van der Waals surface area contributed by atoms with Gasteiger partial charge in [-0.3, -0.25) is 0 Å². The van der Waals surface area contributed by atoms with E-state index in [-0.39, 0.29) is 0 Å². The van der Waals surface area contributed by atoms with Gasteiger partial charge < -0.3 is 9.47 Å². The highest BCUT2D eigenvalue weighted by Crippen LogP contribution is 2.32. The lowest BCUT2D eigenvalue weighted by Gasteiger charge is -2.13. The molecule has 1 aromatic carbocycles. The van der Waals surface area contributed by atoms with Crippen molar-refractivity contribution in [3.05, 3.63) is 12.1 Å². The largest absolute Gasteiger partial charge is 0.490 e. The highest BCUT2D eigenvalue weighted by atomic mass is 16.6. The van der Waals surface area contributed by atoms with Crippen LogP contribution in [0.3, 0.4) is 0 Å². The van der Waals surface area contributed by atoms with Gasteiger partial charge in [0, 0.05) is 12.1 Å². The Bertz CT molecular complexity index is 630. The molecular formula is C26H44N2O3. The number of nitrogens with zero attached hydrogens (tertiary/aromatic N) is 2. The van der Waals surface area contributed by atoms with Gasteiger partial charge in [0.25, 0.3) is 0 Å². The van der Waals surface area contributed by atoms with Gasteiger partial charge in [-0.05, 0) is 23.2 Å². The van der Waals surface area contributed by atoms with Crippen LogP contribution in [0.25, 0.3) is 11.0 Å². The van der Waals surface area contributed by atoms with Gasteiger partial charge in [0.2, 0.25) is 0 Å². The topological polar surface area (TPSA) is 57.4 Å². The summed E-state index contributed by atoms with van der Waals surface area (Å²) in [4.78, 5) is 0. The third-order valence-electron chi connectivity index (χ3n) is 5.83. The van der Waals surface area contributed by atoms with Gasteiger partial charge in [0.1, 0.15) is 11.0 Å². The molecule has 0 saturated heterocycles. The Morgan fingerprint density at radius 1 is 0.548 bits per heavy atom. The van der Waals surface area contributed by atoms with Crippen LogP contribution in [0.2, 0.25) is 0 Å². The Labute approximate surface area is 189 Å². The highest BCUT2D eigenvalue weighted by molar-refractivity contribution is 5.77. The Morgan fingerprint density at radius 3 is 1.29 bits per heavy atom. The third kappa shape index (κ3) is 10.9. The zero-order valence-electron chi connectivity index (χ0n) is 20.0. The summed E-state index contributed by atoms with van der Waals surface area (Å²) >= 11 is 0. The number of fused-ring (bicyclic) bond motifs is 1. The first-order chi connectivity index (χ1) is 15.3. The number of unbranched alkanes of at least 4 members (excludes halogenated alkanes) is 14. The molecule has 2 aromatic rings. The Hall–Kier alpha value is -1.78. The van der Waals surface area contributed by atoms with E-state index < -0.39 is 0 Å². The van der Waals surface area contributed by atoms with Crippen molar-refractivity contribution in [1.82, 2.24) is 10.3 Å². The van der Waals surface area contributed by atoms with Gasteiger partial charge in [-0.25, -0.2) is 4.63 Å². The maximum Gasteiger partial charge on any atom is 0.163 e. The Balaban J connectivity index is 1.67. The first-order valence-corrected chi connectivity index (χ1v) is 12.9. The Morgan fingerprint density at radius 2 is 0.903 bits per heavy atom. The molecule has 0 aliphatic carbocycles. The summed E-state index contributed by atoms with van der Waals surface area (Å²) in [6.07, 6.45) is 20.7. The lowest BCUT2D eigenvalue weighted by molar-refractivity contribution is 0.259. The summed E-state index contributed by atoms with van der Waals surface area (Å²) < 4.78 is 17.0. The van der Waals surface area contributed by atoms with Gasteiger partial charge >= 0.3 is 0 Å². The smallest absolute Gasteiger partial charge is 0.163 e. The predicted octanol–water partition coefficient (Wildman–Crippen LogP) is 8.26. The minimum atomic E-state index is 0.708. The second-order valence-corrected chi connectivity index (χ2v) is 8.70. The summed E-state index contributed by atoms with van der Waals surface area (Å²) in [6.45, 7) is 5.94. The highest BCUT2D eigenvalue weighted by Gasteiger charge is 2.11. The van der Waals surface area contributed by atoms with Crippen molar-refractivity contribution in [2.45, 2.75) is 117 Å². The lowest BCUT2D eigenvalue weighted by atomic mass is 10.1. The fourth-order valence-corrected chi connectivity index (χ4v) is 3.85. The number of rotatable bonds is 20. The fraction of sp³-hybridized carbons (Fsp3) is 0.769. The minimum absolute atomic E-state index is 0.708. The standard InChI is InChI=1S/C26H44N2O3/c1-3-5-7-9-11-13-15-17-19-29-25-21-23-24(28-31-27-23)22-26(25)30-20-18-16-14-12-10-8-6-4-2/h21-22H,3-20H2,1-2H3. The van der Waals surface area contributed by atoms with Gasteiger partial charge in [-0.2, -0.15) is 0 Å². The predicted molar refractivity (Wildman–Crippen MR) is 128 cm³/mol. The molecular weight excluding hydrogens is 388 g/mol. The summed E-state index contributed by atoms with van der Waals surface area (Å²) in [7, 11) is 0. The molecule has 0 aliphatic rings. The average molecular weight is 433 g/mol. The van der Waals surface area contributed by atoms with E-state index in [4.69, 9.17) is 14.1 Å². The second-order valence-electron chi connectivity index (χ2n) is 8.70. The monoisotopic (exact) mass is 432 g/mol. The van der Waals surface area contributed by atoms with Crippen molar-refractivity contribution >= 4 is 11.0 Å². The zero-order chi connectivity index (χ0) is 22.0. The summed E-state index contributed by atoms with van der Waals surface area (Å²) in [6, 6.07) is 3.78. The van der Waals surface area contributed by atoms with E-state index in [9.17, 15) is 0 Å². The van der Waals surface area contributed by atoms with Crippen LogP contribution in [0.4, 0.5) is 0 Å². The van der Waals surface area contributed by atoms with E-state index in [0.717, 1.165) is 24.3 Å². The minimum Gasteiger partial charge on any atom is -0.490 e. The molecule has 176 valence electrons. The summed E-state index contributed by atoms with van der Waals surface area (Å²) in [5.41, 5.74) is 1.43. The van der Waals surface area contributed by atoms with Crippen LogP contribution >= 0.6 is 0 Å². The van der Waals surface area contributed by atoms with Crippen molar-refractivity contribution in [1.29, 1.82) is 0 Å². The van der Waals surface area contributed by atoms with Crippen LogP contribution in [0.5, 0.6) is 11.5 Å². The van der Waals surface area contributed by atoms with E-state index in [1.54, 1.807) is 0 Å². The van der Waals surface area contributed by atoms with E-state index >= 15 is 0 Å². The molecule has 0 atom stereocenters. The summed E-state index contributed by atoms with van der Waals surface area (Å²) in [5.74, 6) is 1.51. The van der Waals surface area contributed by atoms with Crippen molar-refractivity contribution in [3.63, 3.8) is 0 Å². The Kier molecular flexibility index (Phi) is 13.9. The molecule has 1 heterocycles. The average Bonchev–Trinajstić information content (AvgIpc) is 3.24. The van der Waals surface area contributed by atoms with Crippen LogP contribution in [0.1, 0.15) is 117 Å². The maximum absolute atomic E-state index is 6.06. The van der Waals surface area contributed by atoms with Crippen molar-refractivity contribution in [3.8, 4) is 11.5 Å². The van der Waals surface area contributed by atoms with E-state index in [0.29, 0.717) is 24.2 Å². The zero-order valence-corrected chi connectivity index (χ0v) is 20.0. The number of hydrogen-bond donors (Lipinski definition) is 0. The van der Waals surface area contributed by atoms with Crippen LogP contribution < -0.4 is 9.47 Å². The molecule has 0 N–H and O–H groups in total. The molecule has 5 nitrogen and oxygen atoms in total. The molecule has 0 spiro atoms. The first kappa shape index (κ1) is 25.5. The second kappa shape index (κ2) is 16.9. The van der Waals surface area contributed by atoms with Gasteiger partial charge in [-0.1, -0.05) is 104 Å². The quantitative estimate of drug-likeness (QED) is 0.197. The first-order valence-electron chi connectivity index (χ1n) is 12.9. The molecule has 1 aromatic heterocycles. The van der Waals surface area contributed by atoms with Crippen molar-refractivity contribution in [2.24, 2.45) is 0 Å². The van der Waals surface area contributed by atoms with E-state index in [1.165, 1.54) is 89.9 Å². The lowest BCUT2D eigenvalue weighted by Crippen LogP contribution is -2.03. The molecule has 0 saturated carbocycles. The van der Waals surface area contributed by atoms with Crippen LogP contribution in [0, 0.1) is 0 Å². The van der Waals surface area contributed by atoms with Crippen LogP contribution in [-0.2, 0) is 0 Å². The molecule has 2 rings (SSSR count). The molecule has 0 unspecified atom stereocenters. The maximum atomic E-state index is 6.06. The normalized spacial score (nSPS) is 11.3. The van der Waals surface area contributed by atoms with Crippen molar-refractivity contribution < 1.29 is 14.1 Å². The molecule has 0 amide bonds. The van der Waals surface area contributed by atoms with Gasteiger partial charge in [-0.15, -0.1) is 0 Å². The molecule has 31 heavy (non-hydrogen) atoms. The third-order valence-corrected chi connectivity index (χ3v) is 5.83. The number of benzene rings is 1. The molecule has 0 fully saturated rings. The summed E-state index contributed by atoms with van der Waals surface area (Å²) in [5, 5.41) is 7.89. The van der Waals surface area contributed by atoms with E-state index in [1.807, 2.05) is 12.1 Å². The van der Waals surface area contributed by atoms with E-state index in [2.05, 4.69) is 24.2 Å². The molecule has 0 bridgehead atoms. The number of ether oxygens (including phenoxy) is 2. The van der Waals surface area contributed by atoms with Crippen LogP contribution in [0.15, 0.2) is 16.8 Å². The fourth-order valence-electron chi connectivity index (χ4n) is 3.85. The molecule has 0 aliphatic heterocycles.